The minimum atomic E-state index is -3.50. The van der Waals surface area contributed by atoms with Crippen LogP contribution >= 0.6 is 11.6 Å². The van der Waals surface area contributed by atoms with Crippen molar-refractivity contribution in [2.45, 2.75) is 17.7 Å². The van der Waals surface area contributed by atoms with E-state index in [1.54, 1.807) is 12.1 Å². The normalized spacial score (nSPS) is 17.7. The highest BCUT2D eigenvalue weighted by molar-refractivity contribution is 7.89. The van der Waals surface area contributed by atoms with E-state index in [2.05, 4.69) is 5.16 Å². The Kier molecular flexibility index (Phi) is 3.89. The van der Waals surface area contributed by atoms with Crippen molar-refractivity contribution in [3.8, 4) is 0 Å². The van der Waals surface area contributed by atoms with Gasteiger partial charge < -0.3 is 5.21 Å². The highest BCUT2D eigenvalue weighted by Gasteiger charge is 2.27. The fourth-order valence-corrected chi connectivity index (χ4v) is 3.60. The Morgan fingerprint density at radius 2 is 1.94 bits per heavy atom. The van der Waals surface area contributed by atoms with Gasteiger partial charge in [-0.2, -0.15) is 4.31 Å². The van der Waals surface area contributed by atoms with E-state index in [1.807, 2.05) is 0 Å². The molecule has 0 radical (unpaired) electrons. The molecule has 1 aromatic carbocycles. The van der Waals surface area contributed by atoms with Crippen LogP contribution in [0.4, 0.5) is 0 Å². The first-order valence-electron chi connectivity index (χ1n) is 5.49. The number of benzene rings is 1. The van der Waals surface area contributed by atoms with Crippen LogP contribution in [0.1, 0.15) is 12.8 Å². The summed E-state index contributed by atoms with van der Waals surface area (Å²) in [5.41, 5.74) is 0.632. The monoisotopic (exact) mass is 288 g/mol. The summed E-state index contributed by atoms with van der Waals surface area (Å²) in [6, 6.07) is 6.20. The SMILES string of the molecule is O=S(=O)(c1cccc(Cl)c1)N1CCC(=NO)CC1. The molecule has 2 rings (SSSR count). The molecule has 0 atom stereocenters. The molecule has 0 bridgehead atoms. The zero-order chi connectivity index (χ0) is 13.2. The molecule has 1 fully saturated rings. The van der Waals surface area contributed by atoms with Crippen LogP contribution in [0.5, 0.6) is 0 Å². The van der Waals surface area contributed by atoms with E-state index in [0.29, 0.717) is 36.7 Å². The molecular weight excluding hydrogens is 276 g/mol. The third kappa shape index (κ3) is 2.66. The van der Waals surface area contributed by atoms with Crippen LogP contribution in [0.3, 0.4) is 0 Å². The summed E-state index contributed by atoms with van der Waals surface area (Å²) < 4.78 is 26.0. The number of nitrogens with zero attached hydrogens (tertiary/aromatic N) is 2. The molecule has 18 heavy (non-hydrogen) atoms. The van der Waals surface area contributed by atoms with Gasteiger partial charge in [-0.1, -0.05) is 22.8 Å². The predicted molar refractivity (Wildman–Crippen MR) is 68.7 cm³/mol. The lowest BCUT2D eigenvalue weighted by molar-refractivity contribution is 0.310. The van der Waals surface area contributed by atoms with E-state index in [0.717, 1.165) is 0 Å². The maximum Gasteiger partial charge on any atom is 0.243 e. The molecule has 0 spiro atoms. The molecule has 0 aliphatic carbocycles. The van der Waals surface area contributed by atoms with E-state index in [-0.39, 0.29) is 4.90 Å². The van der Waals surface area contributed by atoms with Gasteiger partial charge in [0.25, 0.3) is 0 Å². The van der Waals surface area contributed by atoms with Gasteiger partial charge in [-0.3, -0.25) is 0 Å². The first-order valence-corrected chi connectivity index (χ1v) is 7.31. The summed E-state index contributed by atoms with van der Waals surface area (Å²) in [7, 11) is -3.50. The highest BCUT2D eigenvalue weighted by atomic mass is 35.5. The lowest BCUT2D eigenvalue weighted by Crippen LogP contribution is -2.38. The molecular formula is C11H13ClN2O3S. The van der Waals surface area contributed by atoms with Crippen molar-refractivity contribution in [3.05, 3.63) is 29.3 Å². The minimum absolute atomic E-state index is 0.194. The van der Waals surface area contributed by atoms with Gasteiger partial charge in [0.05, 0.1) is 10.6 Å². The van der Waals surface area contributed by atoms with Crippen molar-refractivity contribution >= 4 is 27.3 Å². The van der Waals surface area contributed by atoms with Crippen LogP contribution in [0, 0.1) is 0 Å². The lowest BCUT2D eigenvalue weighted by atomic mass is 10.1. The molecule has 0 amide bonds. The topological polar surface area (TPSA) is 70.0 Å². The lowest BCUT2D eigenvalue weighted by Gasteiger charge is -2.26. The minimum Gasteiger partial charge on any atom is -0.411 e. The molecule has 0 unspecified atom stereocenters. The molecule has 1 heterocycles. The van der Waals surface area contributed by atoms with Gasteiger partial charge in [0.2, 0.25) is 10.0 Å². The summed E-state index contributed by atoms with van der Waals surface area (Å²) in [4.78, 5) is 0.194. The number of hydrogen-bond donors (Lipinski definition) is 1. The van der Waals surface area contributed by atoms with Crippen molar-refractivity contribution in [1.29, 1.82) is 0 Å². The number of sulfonamides is 1. The first-order chi connectivity index (χ1) is 8.54. The molecule has 0 saturated carbocycles. The number of piperidine rings is 1. The van der Waals surface area contributed by atoms with Crippen LogP contribution in [0.2, 0.25) is 5.02 Å². The second kappa shape index (κ2) is 5.26. The zero-order valence-electron chi connectivity index (χ0n) is 9.58. The summed E-state index contributed by atoms with van der Waals surface area (Å²) in [6.07, 6.45) is 0.909. The van der Waals surface area contributed by atoms with Crippen LogP contribution in [-0.2, 0) is 10.0 Å². The van der Waals surface area contributed by atoms with Gasteiger partial charge in [-0.05, 0) is 18.2 Å². The Labute approximate surface area is 111 Å². The molecule has 1 N–H and O–H groups in total. The van der Waals surface area contributed by atoms with E-state index in [9.17, 15) is 8.42 Å². The Balaban J connectivity index is 2.22. The van der Waals surface area contributed by atoms with Gasteiger partial charge in [0.15, 0.2) is 0 Å². The number of oxime groups is 1. The molecule has 98 valence electrons. The van der Waals surface area contributed by atoms with E-state index in [1.165, 1.54) is 16.4 Å². The summed E-state index contributed by atoms with van der Waals surface area (Å²) >= 11 is 5.80. The molecule has 5 nitrogen and oxygen atoms in total. The van der Waals surface area contributed by atoms with Crippen molar-refractivity contribution in [3.63, 3.8) is 0 Å². The number of hydrogen-bond acceptors (Lipinski definition) is 4. The van der Waals surface area contributed by atoms with Gasteiger partial charge in [0, 0.05) is 31.0 Å². The summed E-state index contributed by atoms with van der Waals surface area (Å²) in [5, 5.41) is 12.2. The highest BCUT2D eigenvalue weighted by Crippen LogP contribution is 2.22. The van der Waals surface area contributed by atoms with E-state index < -0.39 is 10.0 Å². The summed E-state index contributed by atoms with van der Waals surface area (Å²) in [5.74, 6) is 0. The van der Waals surface area contributed by atoms with E-state index in [4.69, 9.17) is 16.8 Å². The third-order valence-electron chi connectivity index (χ3n) is 2.87. The van der Waals surface area contributed by atoms with Gasteiger partial charge >= 0.3 is 0 Å². The quantitative estimate of drug-likeness (QED) is 0.668. The Morgan fingerprint density at radius 1 is 1.28 bits per heavy atom. The van der Waals surface area contributed by atoms with Crippen molar-refractivity contribution in [2.75, 3.05) is 13.1 Å². The molecule has 7 heteroatoms. The molecule has 1 aliphatic heterocycles. The molecule has 1 aliphatic rings. The maximum atomic E-state index is 12.3. The van der Waals surface area contributed by atoms with Gasteiger partial charge in [0.1, 0.15) is 0 Å². The fourth-order valence-electron chi connectivity index (χ4n) is 1.86. The maximum absolute atomic E-state index is 12.3. The molecule has 1 saturated heterocycles. The van der Waals surface area contributed by atoms with Crippen LogP contribution in [-0.4, -0.2) is 36.7 Å². The predicted octanol–water partition coefficient (Wildman–Crippen LogP) is 1.95. The Bertz CT molecular complexity index is 561. The van der Waals surface area contributed by atoms with Crippen molar-refractivity contribution in [1.82, 2.24) is 4.31 Å². The molecule has 1 aromatic rings. The zero-order valence-corrected chi connectivity index (χ0v) is 11.2. The standard InChI is InChI=1S/C11H13ClN2O3S/c12-9-2-1-3-11(8-9)18(16,17)14-6-4-10(13-15)5-7-14/h1-3,8,15H,4-7H2. The largest absolute Gasteiger partial charge is 0.411 e. The average molecular weight is 289 g/mol. The second-order valence-corrected chi connectivity index (χ2v) is 6.40. The summed E-state index contributed by atoms with van der Waals surface area (Å²) in [6.45, 7) is 0.655. The Morgan fingerprint density at radius 3 is 2.50 bits per heavy atom. The first kappa shape index (κ1) is 13.3. The smallest absolute Gasteiger partial charge is 0.243 e. The number of rotatable bonds is 2. The molecule has 0 aromatic heterocycles. The Hall–Kier alpha value is -1.11. The van der Waals surface area contributed by atoms with Crippen LogP contribution in [0.15, 0.2) is 34.3 Å². The van der Waals surface area contributed by atoms with Gasteiger partial charge in [-0.15, -0.1) is 0 Å². The van der Waals surface area contributed by atoms with E-state index >= 15 is 0 Å². The second-order valence-electron chi connectivity index (χ2n) is 4.03. The van der Waals surface area contributed by atoms with Crippen LogP contribution in [0.25, 0.3) is 0 Å². The number of halogens is 1. The van der Waals surface area contributed by atoms with Gasteiger partial charge in [-0.25, -0.2) is 8.42 Å². The van der Waals surface area contributed by atoms with Crippen molar-refractivity contribution in [2.24, 2.45) is 5.16 Å². The third-order valence-corrected chi connectivity index (χ3v) is 5.00. The fraction of sp³-hybridized carbons (Fsp3) is 0.364. The average Bonchev–Trinajstić information content (AvgIpc) is 2.39. The van der Waals surface area contributed by atoms with Crippen LogP contribution < -0.4 is 0 Å². The van der Waals surface area contributed by atoms with Crippen molar-refractivity contribution < 1.29 is 13.6 Å².